The van der Waals surface area contributed by atoms with Gasteiger partial charge in [0, 0.05) is 54.7 Å². The number of hydrogen-bond acceptors (Lipinski definition) is 5. The Labute approximate surface area is 341 Å². The zero-order valence-corrected chi connectivity index (χ0v) is 32.5. The van der Waals surface area contributed by atoms with Crippen molar-refractivity contribution in [3.8, 4) is 67.7 Å². The molecular formula is C54H36N4O. The fourth-order valence-corrected chi connectivity index (χ4v) is 8.28. The Hall–Kier alpha value is -7.76. The fourth-order valence-electron chi connectivity index (χ4n) is 8.28. The van der Waals surface area contributed by atoms with Gasteiger partial charge in [-0.25, -0.2) is 19.9 Å². The molecule has 11 aromatic rings. The molecule has 0 aliphatic rings. The van der Waals surface area contributed by atoms with E-state index in [0.717, 1.165) is 93.8 Å². The molecule has 59 heavy (non-hydrogen) atoms. The zero-order chi connectivity index (χ0) is 39.5. The smallest absolute Gasteiger partial charge is 0.164 e. The summed E-state index contributed by atoms with van der Waals surface area (Å²) in [6.07, 6.45) is 0. The number of aromatic nitrogens is 4. The molecular weight excluding hydrogens is 721 g/mol. The highest BCUT2D eigenvalue weighted by Gasteiger charge is 2.22. The Balaban J connectivity index is 1.12. The SMILES string of the molecule is Cc1ccc(-c2nc(-c3ccc(C)cc3)nc(-c3cccc(-c4cccc(-c5c6c(cc7c(-c8ccccc8)nc8ccccc8c57)oc5ccccc56)c4)c3)n2)cc1. The Morgan fingerprint density at radius 3 is 1.54 bits per heavy atom. The number of furan rings is 1. The summed E-state index contributed by atoms with van der Waals surface area (Å²) >= 11 is 0. The van der Waals surface area contributed by atoms with Crippen LogP contribution in [0.15, 0.2) is 186 Å². The minimum absolute atomic E-state index is 0.622. The van der Waals surface area contributed by atoms with E-state index < -0.39 is 0 Å². The van der Waals surface area contributed by atoms with Gasteiger partial charge in [0.2, 0.25) is 0 Å². The normalized spacial score (nSPS) is 11.6. The predicted molar refractivity (Wildman–Crippen MR) is 242 cm³/mol. The van der Waals surface area contributed by atoms with E-state index in [9.17, 15) is 0 Å². The lowest BCUT2D eigenvalue weighted by Gasteiger charge is -2.16. The number of pyridine rings is 1. The van der Waals surface area contributed by atoms with Gasteiger partial charge in [-0.1, -0.05) is 163 Å². The lowest BCUT2D eigenvalue weighted by atomic mass is 9.88. The molecule has 0 saturated heterocycles. The lowest BCUT2D eigenvalue weighted by molar-refractivity contribution is 0.669. The van der Waals surface area contributed by atoms with Crippen LogP contribution in [0.2, 0.25) is 0 Å². The number of rotatable bonds is 6. The van der Waals surface area contributed by atoms with Crippen molar-refractivity contribution in [2.75, 3.05) is 0 Å². The van der Waals surface area contributed by atoms with Crippen LogP contribution in [0.1, 0.15) is 11.1 Å². The molecule has 0 fully saturated rings. The van der Waals surface area contributed by atoms with Crippen LogP contribution in [0.5, 0.6) is 0 Å². The van der Waals surface area contributed by atoms with Gasteiger partial charge in [0.05, 0.1) is 11.2 Å². The van der Waals surface area contributed by atoms with Crippen molar-refractivity contribution in [1.82, 2.24) is 19.9 Å². The number of aryl methyl sites for hydroxylation is 2. The van der Waals surface area contributed by atoms with Crippen molar-refractivity contribution in [3.05, 3.63) is 193 Å². The topological polar surface area (TPSA) is 64.7 Å². The first kappa shape index (κ1) is 34.5. The minimum atomic E-state index is 0.622. The highest BCUT2D eigenvalue weighted by atomic mass is 16.3. The van der Waals surface area contributed by atoms with Gasteiger partial charge in [-0.2, -0.15) is 0 Å². The maximum absolute atomic E-state index is 6.65. The molecule has 0 aliphatic heterocycles. The van der Waals surface area contributed by atoms with Crippen LogP contribution < -0.4 is 0 Å². The average Bonchev–Trinajstić information content (AvgIpc) is 3.67. The zero-order valence-electron chi connectivity index (χ0n) is 32.5. The number of hydrogen-bond donors (Lipinski definition) is 0. The highest BCUT2D eigenvalue weighted by Crippen LogP contribution is 2.47. The molecule has 278 valence electrons. The van der Waals surface area contributed by atoms with Gasteiger partial charge in [0.15, 0.2) is 17.5 Å². The highest BCUT2D eigenvalue weighted by molar-refractivity contribution is 6.27. The van der Waals surface area contributed by atoms with E-state index in [-0.39, 0.29) is 0 Å². The second kappa shape index (κ2) is 14.0. The van der Waals surface area contributed by atoms with E-state index >= 15 is 0 Å². The minimum Gasteiger partial charge on any atom is -0.456 e. The first-order valence-electron chi connectivity index (χ1n) is 19.9. The van der Waals surface area contributed by atoms with E-state index in [2.05, 4.69) is 184 Å². The molecule has 0 N–H and O–H groups in total. The van der Waals surface area contributed by atoms with Crippen molar-refractivity contribution in [1.29, 1.82) is 0 Å². The van der Waals surface area contributed by atoms with Crippen LogP contribution in [0.25, 0.3) is 111 Å². The molecule has 3 aromatic heterocycles. The molecule has 5 nitrogen and oxygen atoms in total. The van der Waals surface area contributed by atoms with Crippen LogP contribution >= 0.6 is 0 Å². The first-order chi connectivity index (χ1) is 29.0. The molecule has 3 heterocycles. The molecule has 0 unspecified atom stereocenters. The third-order valence-corrected chi connectivity index (χ3v) is 11.2. The van der Waals surface area contributed by atoms with E-state index in [1.54, 1.807) is 0 Å². The summed E-state index contributed by atoms with van der Waals surface area (Å²) in [5, 5.41) is 5.47. The van der Waals surface area contributed by atoms with Gasteiger partial charge in [-0.15, -0.1) is 0 Å². The van der Waals surface area contributed by atoms with E-state index in [0.29, 0.717) is 17.5 Å². The number of benzene rings is 8. The summed E-state index contributed by atoms with van der Waals surface area (Å²) in [6.45, 7) is 4.17. The summed E-state index contributed by atoms with van der Waals surface area (Å²) in [7, 11) is 0. The van der Waals surface area contributed by atoms with Gasteiger partial charge in [0.1, 0.15) is 11.2 Å². The molecule has 5 heteroatoms. The summed E-state index contributed by atoms with van der Waals surface area (Å²) in [6, 6.07) is 63.5. The molecule has 0 saturated carbocycles. The van der Waals surface area contributed by atoms with E-state index in [4.69, 9.17) is 24.4 Å². The second-order valence-corrected chi connectivity index (χ2v) is 15.2. The molecule has 0 aliphatic carbocycles. The van der Waals surface area contributed by atoms with Crippen molar-refractivity contribution in [2.24, 2.45) is 0 Å². The van der Waals surface area contributed by atoms with Crippen LogP contribution in [0.3, 0.4) is 0 Å². The van der Waals surface area contributed by atoms with Gasteiger partial charge < -0.3 is 4.42 Å². The molecule has 0 atom stereocenters. The van der Waals surface area contributed by atoms with Crippen LogP contribution in [-0.4, -0.2) is 19.9 Å². The largest absolute Gasteiger partial charge is 0.456 e. The molecule has 11 rings (SSSR count). The second-order valence-electron chi connectivity index (χ2n) is 15.2. The van der Waals surface area contributed by atoms with E-state index in [1.165, 1.54) is 11.1 Å². The quantitative estimate of drug-likeness (QED) is 0.158. The van der Waals surface area contributed by atoms with Crippen molar-refractivity contribution in [3.63, 3.8) is 0 Å². The summed E-state index contributed by atoms with van der Waals surface area (Å²) < 4.78 is 6.65. The number of para-hydroxylation sites is 2. The van der Waals surface area contributed by atoms with Gasteiger partial charge in [0.25, 0.3) is 0 Å². The molecule has 0 spiro atoms. The van der Waals surface area contributed by atoms with Crippen molar-refractivity contribution < 1.29 is 4.42 Å². The van der Waals surface area contributed by atoms with Crippen LogP contribution in [0, 0.1) is 13.8 Å². The van der Waals surface area contributed by atoms with E-state index in [1.807, 2.05) is 12.1 Å². The Kier molecular flexibility index (Phi) is 8.19. The summed E-state index contributed by atoms with van der Waals surface area (Å²) in [5.74, 6) is 1.90. The van der Waals surface area contributed by atoms with Crippen molar-refractivity contribution in [2.45, 2.75) is 13.8 Å². The number of nitrogens with zero attached hydrogens (tertiary/aromatic N) is 4. The molecule has 0 radical (unpaired) electrons. The van der Waals surface area contributed by atoms with Gasteiger partial charge in [-0.05, 0) is 60.9 Å². The Morgan fingerprint density at radius 1 is 0.339 bits per heavy atom. The molecule has 0 amide bonds. The predicted octanol–water partition coefficient (Wildman–Crippen LogP) is 14.1. The maximum atomic E-state index is 6.65. The maximum Gasteiger partial charge on any atom is 0.164 e. The fraction of sp³-hybridized carbons (Fsp3) is 0.0370. The van der Waals surface area contributed by atoms with Crippen molar-refractivity contribution >= 4 is 43.6 Å². The Bertz CT molecular complexity index is 3320. The first-order valence-corrected chi connectivity index (χ1v) is 19.9. The Morgan fingerprint density at radius 2 is 0.864 bits per heavy atom. The lowest BCUT2D eigenvalue weighted by Crippen LogP contribution is -2.00. The summed E-state index contributed by atoms with van der Waals surface area (Å²) in [4.78, 5) is 20.4. The monoisotopic (exact) mass is 756 g/mol. The van der Waals surface area contributed by atoms with Gasteiger partial charge >= 0.3 is 0 Å². The number of fused-ring (bicyclic) bond motifs is 6. The average molecular weight is 757 g/mol. The standard InChI is InChI=1S/C54H36N4O/c1-33-22-26-36(27-23-33)52-56-53(37-28-24-34(2)25-29-37)58-54(57-52)41-17-11-15-39(31-41)38-14-10-16-40(30-38)48-49-42-18-6-8-20-45(42)55-51(35-12-4-3-5-13-35)44(49)32-47-50(48)43-19-7-9-21-46(43)59-47/h3-32H,1-2H3. The third kappa shape index (κ3) is 6.12. The molecule has 8 aromatic carbocycles. The van der Waals surface area contributed by atoms with Crippen LogP contribution in [-0.2, 0) is 0 Å². The summed E-state index contributed by atoms with van der Waals surface area (Å²) in [5.41, 5.74) is 14.2. The van der Waals surface area contributed by atoms with Crippen LogP contribution in [0.4, 0.5) is 0 Å². The van der Waals surface area contributed by atoms with Gasteiger partial charge in [-0.3, -0.25) is 0 Å². The molecule has 0 bridgehead atoms. The third-order valence-electron chi connectivity index (χ3n) is 11.2.